The number of thiazole rings is 1. The van der Waals surface area contributed by atoms with Crippen molar-refractivity contribution in [2.45, 2.75) is 0 Å². The number of hydrogen-bond donors (Lipinski definition) is 1. The fourth-order valence-corrected chi connectivity index (χ4v) is 3.75. The first-order valence-electron chi connectivity index (χ1n) is 9.86. The van der Waals surface area contributed by atoms with Crippen molar-refractivity contribution >= 4 is 38.5 Å². The van der Waals surface area contributed by atoms with Crippen LogP contribution in [0.4, 0.5) is 5.13 Å². The molecule has 4 aromatic rings. The van der Waals surface area contributed by atoms with Crippen molar-refractivity contribution in [3.05, 3.63) is 78.4 Å². The van der Waals surface area contributed by atoms with Crippen LogP contribution in [0.2, 0.25) is 0 Å². The number of aromatic nitrogens is 1. The molecule has 162 valence electrons. The van der Waals surface area contributed by atoms with Crippen LogP contribution in [0, 0.1) is 0 Å². The fraction of sp³-hybridized carbons (Fsp3) is 0.125. The first-order valence-corrected chi connectivity index (χ1v) is 10.7. The molecule has 1 aromatic heterocycles. The third kappa shape index (κ3) is 5.04. The molecule has 0 unspecified atom stereocenters. The van der Waals surface area contributed by atoms with Crippen LogP contribution in [0.5, 0.6) is 17.2 Å². The summed E-state index contributed by atoms with van der Waals surface area (Å²) in [7, 11) is 3.29. The fourth-order valence-electron chi connectivity index (χ4n) is 2.86. The van der Waals surface area contributed by atoms with Gasteiger partial charge in [0.2, 0.25) is 0 Å². The Morgan fingerprint density at radius 2 is 1.72 bits per heavy atom. The molecule has 0 saturated heterocycles. The molecule has 1 heterocycles. The number of hydrogen-bond acceptors (Lipinski definition) is 6. The summed E-state index contributed by atoms with van der Waals surface area (Å²) in [5, 5.41) is 3.28. The molecule has 0 radical (unpaired) electrons. The molecule has 0 aliphatic rings. The second-order valence-electron chi connectivity index (χ2n) is 7.09. The Balaban J connectivity index is 1.49. The zero-order valence-corrected chi connectivity index (χ0v) is 18.4. The lowest BCUT2D eigenvalue weighted by Crippen LogP contribution is -2.28. The average molecular weight is 448 g/mol. The molecule has 0 aliphatic carbocycles. The highest BCUT2D eigenvalue weighted by molar-refractivity contribution is 7.22. The maximum atomic E-state index is 12.9. The lowest BCUT2D eigenvalue weighted by molar-refractivity contribution is -0.130. The highest BCUT2D eigenvalue weighted by Gasteiger charge is 2.16. The van der Waals surface area contributed by atoms with Crippen LogP contribution in [-0.2, 0) is 4.79 Å². The molecular weight excluding hydrogens is 426 g/mol. The first kappa shape index (κ1) is 21.3. The van der Waals surface area contributed by atoms with Crippen LogP contribution in [0.1, 0.15) is 10.4 Å². The van der Waals surface area contributed by atoms with Crippen molar-refractivity contribution in [3.63, 3.8) is 0 Å². The van der Waals surface area contributed by atoms with Gasteiger partial charge in [-0.1, -0.05) is 41.7 Å². The van der Waals surface area contributed by atoms with E-state index in [4.69, 9.17) is 9.47 Å². The highest BCUT2D eigenvalue weighted by Crippen LogP contribution is 2.32. The van der Waals surface area contributed by atoms with Gasteiger partial charge in [0.15, 0.2) is 11.7 Å². The van der Waals surface area contributed by atoms with Crippen LogP contribution in [-0.4, -0.2) is 42.4 Å². The third-order valence-electron chi connectivity index (χ3n) is 4.54. The Morgan fingerprint density at radius 1 is 0.969 bits per heavy atom. The van der Waals surface area contributed by atoms with Crippen molar-refractivity contribution in [2.24, 2.45) is 0 Å². The minimum atomic E-state index is -0.363. The molecule has 8 heteroatoms. The summed E-state index contributed by atoms with van der Waals surface area (Å²) in [5.74, 6) is 1.21. The number of ether oxygens (including phenoxy) is 2. The van der Waals surface area contributed by atoms with Crippen LogP contribution < -0.4 is 14.8 Å². The number of anilines is 1. The van der Waals surface area contributed by atoms with Gasteiger partial charge in [0.05, 0.1) is 15.8 Å². The second-order valence-corrected chi connectivity index (χ2v) is 8.12. The van der Waals surface area contributed by atoms with Gasteiger partial charge in [0.25, 0.3) is 11.8 Å². The largest absolute Gasteiger partial charge is 0.483 e. The van der Waals surface area contributed by atoms with Gasteiger partial charge < -0.3 is 14.4 Å². The molecule has 3 aromatic carbocycles. The number of nitrogens with zero attached hydrogens (tertiary/aromatic N) is 2. The van der Waals surface area contributed by atoms with E-state index in [1.165, 1.54) is 16.2 Å². The number of benzene rings is 3. The summed E-state index contributed by atoms with van der Waals surface area (Å²) in [6, 6.07) is 21.9. The average Bonchev–Trinajstić information content (AvgIpc) is 3.19. The summed E-state index contributed by atoms with van der Waals surface area (Å²) in [6.07, 6.45) is 0. The van der Waals surface area contributed by atoms with E-state index in [0.717, 1.165) is 16.0 Å². The molecule has 0 atom stereocenters. The quantitative estimate of drug-likeness (QED) is 0.440. The smallest absolute Gasteiger partial charge is 0.261 e. The van der Waals surface area contributed by atoms with Crippen molar-refractivity contribution < 1.29 is 19.1 Å². The molecule has 1 N–H and O–H groups in total. The lowest BCUT2D eigenvalue weighted by Gasteiger charge is -2.13. The van der Waals surface area contributed by atoms with Crippen LogP contribution in [0.3, 0.4) is 0 Å². The third-order valence-corrected chi connectivity index (χ3v) is 5.47. The number of para-hydroxylation sites is 2. The second kappa shape index (κ2) is 9.49. The minimum Gasteiger partial charge on any atom is -0.483 e. The Bertz CT molecular complexity index is 1250. The molecule has 0 aliphatic heterocycles. The van der Waals surface area contributed by atoms with Gasteiger partial charge in [-0.3, -0.25) is 14.9 Å². The number of nitrogens with one attached hydrogen (secondary N) is 1. The Morgan fingerprint density at radius 3 is 2.50 bits per heavy atom. The van der Waals surface area contributed by atoms with Gasteiger partial charge in [-0.05, 0) is 36.4 Å². The molecule has 0 spiro atoms. The van der Waals surface area contributed by atoms with Gasteiger partial charge in [-0.2, -0.15) is 0 Å². The number of amides is 2. The van der Waals surface area contributed by atoms with Crippen LogP contribution in [0.15, 0.2) is 72.8 Å². The molecular formula is C24H21N3O4S. The number of likely N-dealkylation sites (N-methyl/N-ethyl adjacent to an activating group) is 1. The van der Waals surface area contributed by atoms with E-state index in [1.807, 2.05) is 48.5 Å². The zero-order chi connectivity index (χ0) is 22.5. The number of carbonyl (C=O) groups is 2. The maximum Gasteiger partial charge on any atom is 0.261 e. The van der Waals surface area contributed by atoms with Gasteiger partial charge in [0, 0.05) is 20.2 Å². The summed E-state index contributed by atoms with van der Waals surface area (Å²) >= 11 is 1.35. The van der Waals surface area contributed by atoms with Gasteiger partial charge in [-0.25, -0.2) is 4.98 Å². The SMILES string of the molecule is CN(C)C(=O)COc1ccccc1C(=O)Nc1nc2ccc(Oc3ccccc3)cc2s1. The topological polar surface area (TPSA) is 80.8 Å². The van der Waals surface area contributed by atoms with Crippen LogP contribution in [0.25, 0.3) is 10.2 Å². The summed E-state index contributed by atoms with van der Waals surface area (Å²) in [4.78, 5) is 30.6. The number of carbonyl (C=O) groups excluding carboxylic acids is 2. The van der Waals surface area contributed by atoms with Gasteiger partial charge in [-0.15, -0.1) is 0 Å². The van der Waals surface area contributed by atoms with E-state index in [2.05, 4.69) is 10.3 Å². The Kier molecular flexibility index (Phi) is 6.32. The first-order chi connectivity index (χ1) is 15.5. The monoisotopic (exact) mass is 447 g/mol. The predicted octanol–water partition coefficient (Wildman–Crippen LogP) is 4.81. The van der Waals surface area contributed by atoms with Crippen molar-refractivity contribution in [1.82, 2.24) is 9.88 Å². The van der Waals surface area contributed by atoms with E-state index in [1.54, 1.807) is 38.4 Å². The summed E-state index contributed by atoms with van der Waals surface area (Å²) in [6.45, 7) is -0.150. The summed E-state index contributed by atoms with van der Waals surface area (Å²) < 4.78 is 12.3. The van der Waals surface area contributed by atoms with E-state index < -0.39 is 0 Å². The molecule has 0 saturated carbocycles. The molecule has 0 fully saturated rings. The van der Waals surface area contributed by atoms with E-state index in [9.17, 15) is 9.59 Å². The highest BCUT2D eigenvalue weighted by atomic mass is 32.1. The van der Waals surface area contributed by atoms with E-state index in [0.29, 0.717) is 22.2 Å². The molecule has 7 nitrogen and oxygen atoms in total. The van der Waals surface area contributed by atoms with Crippen LogP contribution >= 0.6 is 11.3 Å². The lowest BCUT2D eigenvalue weighted by atomic mass is 10.2. The molecule has 0 bridgehead atoms. The maximum absolute atomic E-state index is 12.9. The minimum absolute atomic E-state index is 0.150. The molecule has 4 rings (SSSR count). The van der Waals surface area contributed by atoms with E-state index in [-0.39, 0.29) is 18.4 Å². The van der Waals surface area contributed by atoms with Gasteiger partial charge in [0.1, 0.15) is 17.2 Å². The van der Waals surface area contributed by atoms with Crippen molar-refractivity contribution in [3.8, 4) is 17.2 Å². The Labute approximate surface area is 189 Å². The van der Waals surface area contributed by atoms with Crippen molar-refractivity contribution in [2.75, 3.05) is 26.0 Å². The predicted molar refractivity (Wildman–Crippen MR) is 125 cm³/mol. The molecule has 32 heavy (non-hydrogen) atoms. The van der Waals surface area contributed by atoms with Gasteiger partial charge >= 0.3 is 0 Å². The van der Waals surface area contributed by atoms with E-state index >= 15 is 0 Å². The zero-order valence-electron chi connectivity index (χ0n) is 17.6. The normalized spacial score (nSPS) is 10.6. The number of fused-ring (bicyclic) bond motifs is 1. The van der Waals surface area contributed by atoms with Crippen molar-refractivity contribution in [1.29, 1.82) is 0 Å². The standard InChI is InChI=1S/C24H21N3O4S/c1-27(2)22(28)15-30-20-11-7-6-10-18(20)23(29)26-24-25-19-13-12-17(14-21(19)32-24)31-16-8-4-3-5-9-16/h3-14H,15H2,1-2H3,(H,25,26,29). The summed E-state index contributed by atoms with van der Waals surface area (Å²) in [5.41, 5.74) is 1.08. The molecule has 2 amide bonds. The Hall–Kier alpha value is -3.91. The number of rotatable bonds is 7.